The number of hydrogen-bond donors (Lipinski definition) is 4. The molecule has 3 heterocycles. The second-order valence-corrected chi connectivity index (χ2v) is 7.98. The van der Waals surface area contributed by atoms with E-state index in [0.717, 1.165) is 5.56 Å². The summed E-state index contributed by atoms with van der Waals surface area (Å²) in [5.41, 5.74) is 8.20. The summed E-state index contributed by atoms with van der Waals surface area (Å²) in [7, 11) is 0. The van der Waals surface area contributed by atoms with Crippen molar-refractivity contribution in [3.63, 3.8) is 0 Å². The maximum Gasteiger partial charge on any atom is 0.352 e. The summed E-state index contributed by atoms with van der Waals surface area (Å²) in [5, 5.41) is 21.7. The number of fused-ring (bicyclic) bond motifs is 1. The lowest BCUT2D eigenvalue weighted by Crippen LogP contribution is -2.68. The first-order valence-corrected chi connectivity index (χ1v) is 9.88. The molecule has 3 aliphatic rings. The van der Waals surface area contributed by atoms with Gasteiger partial charge in [-0.2, -0.15) is 0 Å². The van der Waals surface area contributed by atoms with Crippen molar-refractivity contribution < 1.29 is 24.6 Å². The van der Waals surface area contributed by atoms with Gasteiger partial charge in [-0.3, -0.25) is 14.5 Å². The molecule has 2 fully saturated rings. The monoisotopic (exact) mass is 401 g/mol. The van der Waals surface area contributed by atoms with Gasteiger partial charge in [0, 0.05) is 17.9 Å². The topological polar surface area (TPSA) is 133 Å². The number of carboxylic acids is 1. The number of thioether (sulfide) groups is 1. The highest BCUT2D eigenvalue weighted by Gasteiger charge is 2.52. The Bertz CT molecular complexity index is 937. The van der Waals surface area contributed by atoms with Gasteiger partial charge in [-0.05, 0) is 41.7 Å². The van der Waals surface area contributed by atoms with E-state index in [2.05, 4.69) is 5.32 Å². The van der Waals surface area contributed by atoms with Crippen LogP contribution in [0.3, 0.4) is 0 Å². The number of hydrogen-bond acceptors (Lipinski definition) is 6. The van der Waals surface area contributed by atoms with E-state index in [1.807, 2.05) is 0 Å². The molecule has 28 heavy (non-hydrogen) atoms. The van der Waals surface area contributed by atoms with Crippen LogP contribution in [0.4, 0.5) is 0 Å². The third kappa shape index (κ3) is 2.96. The molecule has 9 heteroatoms. The molecule has 0 radical (unpaired) electrons. The van der Waals surface area contributed by atoms with Gasteiger partial charge in [0.05, 0.1) is 0 Å². The number of nitrogens with one attached hydrogen (secondary N) is 1. The number of rotatable bonds is 4. The number of nitrogens with two attached hydrogens (primary N) is 1. The van der Waals surface area contributed by atoms with E-state index < -0.39 is 17.9 Å². The number of carbonyl (C=O) groups excluding carboxylic acids is 2. The number of β-lactam (4-membered cyclic amide) rings is 1. The van der Waals surface area contributed by atoms with Gasteiger partial charge in [0.25, 0.3) is 0 Å². The lowest BCUT2D eigenvalue weighted by molar-refractivity contribution is -0.147. The number of aromatic hydroxyl groups is 1. The maximum atomic E-state index is 12.4. The Morgan fingerprint density at radius 3 is 2.61 bits per heavy atom. The number of benzene rings is 1. The van der Waals surface area contributed by atoms with Crippen LogP contribution in [0.5, 0.6) is 5.75 Å². The van der Waals surface area contributed by atoms with Crippen LogP contribution in [0.2, 0.25) is 0 Å². The number of carboxylic acid groups (broad SMARTS) is 1. The molecule has 2 saturated heterocycles. The Morgan fingerprint density at radius 2 is 2.00 bits per heavy atom. The Hall–Kier alpha value is -2.78. The number of phenols is 1. The van der Waals surface area contributed by atoms with Crippen molar-refractivity contribution >= 4 is 29.5 Å². The average molecular weight is 401 g/mol. The third-order valence-corrected chi connectivity index (χ3v) is 6.49. The van der Waals surface area contributed by atoms with Gasteiger partial charge in [0.1, 0.15) is 22.9 Å². The zero-order valence-corrected chi connectivity index (χ0v) is 15.7. The number of allylic oxidation sites excluding steroid dienone is 1. The van der Waals surface area contributed by atoms with Crippen LogP contribution < -0.4 is 11.1 Å². The summed E-state index contributed by atoms with van der Waals surface area (Å²) in [4.78, 5) is 37.9. The highest BCUT2D eigenvalue weighted by Crippen LogP contribution is 2.43. The van der Waals surface area contributed by atoms with Gasteiger partial charge in [0.15, 0.2) is 0 Å². The largest absolute Gasteiger partial charge is 0.508 e. The van der Waals surface area contributed by atoms with Gasteiger partial charge < -0.3 is 21.3 Å². The number of nitrogens with zero attached hydrogens (tertiary/aromatic N) is 1. The lowest BCUT2D eigenvalue weighted by Gasteiger charge is -2.48. The molecule has 0 aliphatic carbocycles. The molecule has 8 nitrogen and oxygen atoms in total. The van der Waals surface area contributed by atoms with Gasteiger partial charge in [-0.25, -0.2) is 4.79 Å². The van der Waals surface area contributed by atoms with Crippen LogP contribution in [0.15, 0.2) is 46.7 Å². The molecule has 0 saturated carbocycles. The molecule has 0 spiro atoms. The minimum absolute atomic E-state index is 0.0866. The number of phenolic OH excluding ortho intramolecular Hbond substituents is 1. The van der Waals surface area contributed by atoms with Crippen LogP contribution in [-0.4, -0.2) is 56.6 Å². The van der Waals surface area contributed by atoms with E-state index in [9.17, 15) is 24.6 Å². The second kappa shape index (κ2) is 6.99. The van der Waals surface area contributed by atoms with Crippen LogP contribution >= 0.6 is 11.8 Å². The van der Waals surface area contributed by atoms with E-state index >= 15 is 0 Å². The van der Waals surface area contributed by atoms with Gasteiger partial charge in [-0.15, -0.1) is 11.8 Å². The highest BCUT2D eigenvalue weighted by atomic mass is 32.2. The molecule has 4 rings (SSSR count). The Kier molecular flexibility index (Phi) is 4.64. The normalized spacial score (nSPS) is 26.0. The summed E-state index contributed by atoms with van der Waals surface area (Å²) in [6.07, 6.45) is 0.818. The van der Waals surface area contributed by atoms with Crippen molar-refractivity contribution in [3.05, 3.63) is 52.2 Å². The summed E-state index contributed by atoms with van der Waals surface area (Å²) >= 11 is 1.41. The summed E-state index contributed by atoms with van der Waals surface area (Å²) < 4.78 is 0. The van der Waals surface area contributed by atoms with Crippen molar-refractivity contribution in [2.75, 3.05) is 12.3 Å². The Labute approximate surface area is 165 Å². The fourth-order valence-electron chi connectivity index (χ4n) is 3.77. The molecule has 2 amide bonds. The summed E-state index contributed by atoms with van der Waals surface area (Å²) in [5.74, 6) is -1.36. The van der Waals surface area contributed by atoms with Gasteiger partial charge >= 0.3 is 5.97 Å². The SMILES string of the molecule is N[C@@H]1C(=O)N2C(C(=O)O)=C(C(Cc3ccc(O)cc3)=C3CCNC3=O)CS[C@H]12. The average Bonchev–Trinajstić information content (AvgIpc) is 3.11. The van der Waals surface area contributed by atoms with Crippen molar-refractivity contribution in [3.8, 4) is 5.75 Å². The van der Waals surface area contributed by atoms with Crippen LogP contribution in [-0.2, 0) is 20.8 Å². The zero-order chi connectivity index (χ0) is 20.0. The molecule has 3 aliphatic heterocycles. The van der Waals surface area contributed by atoms with Crippen molar-refractivity contribution in [2.45, 2.75) is 24.3 Å². The van der Waals surface area contributed by atoms with E-state index in [1.54, 1.807) is 24.3 Å². The molecule has 2 atom stereocenters. The summed E-state index contributed by atoms with van der Waals surface area (Å²) in [6.45, 7) is 0.492. The predicted octanol–water partition coefficient (Wildman–Crippen LogP) is 0.332. The first kappa shape index (κ1) is 18.6. The van der Waals surface area contributed by atoms with Crippen molar-refractivity contribution in [1.29, 1.82) is 0 Å². The van der Waals surface area contributed by atoms with Crippen LogP contribution in [0.1, 0.15) is 12.0 Å². The lowest BCUT2D eigenvalue weighted by atomic mass is 9.90. The Morgan fingerprint density at radius 1 is 1.29 bits per heavy atom. The molecule has 0 aromatic heterocycles. The van der Waals surface area contributed by atoms with Gasteiger partial charge in [0.2, 0.25) is 11.8 Å². The standard InChI is InChI=1S/C19H19N3O5S/c20-14-17(25)22-15(19(26)27)13(8-28-18(14)22)12(11-5-6-21-16(11)24)7-9-1-3-10(23)4-2-9/h1-4,14,18,23H,5-8,20H2,(H,21,24)(H,26,27)/t14-,18-/m1/s1. The van der Waals surface area contributed by atoms with E-state index in [-0.39, 0.29) is 22.7 Å². The van der Waals surface area contributed by atoms with Crippen molar-refractivity contribution in [2.24, 2.45) is 5.73 Å². The molecule has 1 aromatic rings. The first-order chi connectivity index (χ1) is 13.4. The minimum Gasteiger partial charge on any atom is -0.508 e. The van der Waals surface area contributed by atoms with Crippen LogP contribution in [0, 0.1) is 0 Å². The molecular formula is C19H19N3O5S. The smallest absolute Gasteiger partial charge is 0.352 e. The van der Waals surface area contributed by atoms with Gasteiger partial charge in [-0.1, -0.05) is 12.1 Å². The van der Waals surface area contributed by atoms with E-state index in [1.165, 1.54) is 16.7 Å². The van der Waals surface area contributed by atoms with Crippen LogP contribution in [0.25, 0.3) is 0 Å². The predicted molar refractivity (Wildman–Crippen MR) is 102 cm³/mol. The molecule has 0 unspecified atom stereocenters. The molecular weight excluding hydrogens is 382 g/mol. The number of carbonyl (C=O) groups is 3. The van der Waals surface area contributed by atoms with Crippen molar-refractivity contribution in [1.82, 2.24) is 10.2 Å². The number of amides is 2. The molecule has 1 aromatic carbocycles. The fourth-order valence-corrected chi connectivity index (χ4v) is 5.10. The quantitative estimate of drug-likeness (QED) is 0.422. The third-order valence-electron chi connectivity index (χ3n) is 5.19. The minimum atomic E-state index is -1.21. The second-order valence-electron chi connectivity index (χ2n) is 6.87. The Balaban J connectivity index is 1.83. The molecule has 146 valence electrons. The first-order valence-electron chi connectivity index (χ1n) is 8.83. The number of aliphatic carboxylic acids is 1. The zero-order valence-electron chi connectivity index (χ0n) is 14.8. The van der Waals surface area contributed by atoms with E-state index in [4.69, 9.17) is 5.73 Å². The molecule has 0 bridgehead atoms. The highest BCUT2D eigenvalue weighted by molar-refractivity contribution is 8.00. The fraction of sp³-hybridized carbons (Fsp3) is 0.316. The summed E-state index contributed by atoms with van der Waals surface area (Å²) in [6, 6.07) is 5.84. The van der Waals surface area contributed by atoms with E-state index in [0.29, 0.717) is 41.9 Å². The molecule has 5 N–H and O–H groups in total. The maximum absolute atomic E-state index is 12.4.